The van der Waals surface area contributed by atoms with Gasteiger partial charge in [-0.05, 0) is 0 Å². The Hall–Kier alpha value is -1.80. The Morgan fingerprint density at radius 3 is 2.44 bits per heavy atom. The van der Waals surface area contributed by atoms with Crippen LogP contribution in [0.1, 0.15) is 6.42 Å². The Bertz CT molecular complexity index is 415. The minimum absolute atomic E-state index is 0.0497. The van der Waals surface area contributed by atoms with Gasteiger partial charge in [0.15, 0.2) is 0 Å². The van der Waals surface area contributed by atoms with Crippen molar-refractivity contribution in [1.82, 2.24) is 4.90 Å². The van der Waals surface area contributed by atoms with Crippen LogP contribution in [-0.4, -0.2) is 53.0 Å². The van der Waals surface area contributed by atoms with Crippen molar-refractivity contribution in [2.45, 2.75) is 18.7 Å². The zero-order valence-corrected chi connectivity index (χ0v) is 8.98. The second-order valence-electron chi connectivity index (χ2n) is 4.12. The molecule has 9 heteroatoms. The van der Waals surface area contributed by atoms with Crippen LogP contribution in [0.25, 0.3) is 0 Å². The lowest BCUT2D eigenvalue weighted by Gasteiger charge is -2.39. The van der Waals surface area contributed by atoms with Crippen LogP contribution in [-0.2, 0) is 14.4 Å². The van der Waals surface area contributed by atoms with E-state index >= 15 is 0 Å². The molecule has 0 bridgehead atoms. The molecule has 0 spiro atoms. The third kappa shape index (κ3) is 2.24. The number of halogens is 3. The Morgan fingerprint density at radius 2 is 2.00 bits per heavy atom. The number of alkyl halides is 3. The summed E-state index contributed by atoms with van der Waals surface area (Å²) in [5.74, 6) is -3.40. The molecule has 1 fully saturated rings. The number of carbonyl (C=O) groups is 2. The van der Waals surface area contributed by atoms with Gasteiger partial charge in [0.25, 0.3) is 0 Å². The second kappa shape index (κ2) is 4.14. The fraction of sp³-hybridized carbons (Fsp3) is 0.667. The van der Waals surface area contributed by atoms with Gasteiger partial charge in [-0.15, -0.1) is 0 Å². The molecule has 0 aromatic carbocycles. The molecular formula is C9H9F3N2O4. The molecule has 1 N–H and O–H groups in total. The lowest BCUT2D eigenvalue weighted by Crippen LogP contribution is -2.56. The Labute approximate surface area is 99.0 Å². The molecule has 0 saturated carbocycles. The van der Waals surface area contributed by atoms with E-state index in [-0.39, 0.29) is 25.4 Å². The molecule has 2 heterocycles. The molecule has 0 aromatic heterocycles. The van der Waals surface area contributed by atoms with E-state index in [1.807, 2.05) is 0 Å². The number of amides is 1. The highest BCUT2D eigenvalue weighted by Crippen LogP contribution is 2.28. The molecule has 2 aliphatic heterocycles. The number of likely N-dealkylation sites (tertiary alicyclic amines) is 1. The summed E-state index contributed by atoms with van der Waals surface area (Å²) in [7, 11) is 0. The Balaban J connectivity index is 1.84. The summed E-state index contributed by atoms with van der Waals surface area (Å²) < 4.78 is 36.2. The van der Waals surface area contributed by atoms with Gasteiger partial charge in [-0.3, -0.25) is 4.79 Å². The van der Waals surface area contributed by atoms with Gasteiger partial charge >= 0.3 is 18.1 Å². The fourth-order valence-corrected chi connectivity index (χ4v) is 1.80. The molecule has 1 amide bonds. The summed E-state index contributed by atoms with van der Waals surface area (Å²) in [6.07, 6.45) is -5.90. The molecule has 0 aromatic rings. The lowest BCUT2D eigenvalue weighted by molar-refractivity contribution is -0.190. The molecule has 2 aliphatic rings. The van der Waals surface area contributed by atoms with Gasteiger partial charge < -0.3 is 14.8 Å². The number of oxime groups is 1. The van der Waals surface area contributed by atoms with Crippen molar-refractivity contribution < 1.29 is 32.7 Å². The van der Waals surface area contributed by atoms with Gasteiger partial charge in [-0.2, -0.15) is 13.2 Å². The molecule has 1 saturated heterocycles. The Morgan fingerprint density at radius 1 is 1.39 bits per heavy atom. The Kier molecular flexibility index (Phi) is 2.91. The molecule has 0 radical (unpaired) electrons. The zero-order chi connectivity index (χ0) is 13.5. The van der Waals surface area contributed by atoms with Crippen molar-refractivity contribution in [1.29, 1.82) is 0 Å². The SMILES string of the molecule is O=C(O)C1CC(C2CN(C(=O)C(F)(F)F)C2)=NO1. The molecule has 18 heavy (non-hydrogen) atoms. The van der Waals surface area contributed by atoms with E-state index in [1.54, 1.807) is 0 Å². The summed E-state index contributed by atoms with van der Waals surface area (Å²) in [5.41, 5.74) is 0.397. The topological polar surface area (TPSA) is 79.2 Å². The van der Waals surface area contributed by atoms with Crippen LogP contribution < -0.4 is 0 Å². The van der Waals surface area contributed by atoms with E-state index in [9.17, 15) is 22.8 Å². The summed E-state index contributed by atoms with van der Waals surface area (Å²) in [4.78, 5) is 26.6. The molecule has 100 valence electrons. The predicted molar refractivity (Wildman–Crippen MR) is 50.7 cm³/mol. The first-order chi connectivity index (χ1) is 8.29. The van der Waals surface area contributed by atoms with Gasteiger partial charge in [-0.25, -0.2) is 4.79 Å². The van der Waals surface area contributed by atoms with E-state index in [4.69, 9.17) is 5.11 Å². The molecule has 6 nitrogen and oxygen atoms in total. The van der Waals surface area contributed by atoms with Crippen LogP contribution in [0.4, 0.5) is 13.2 Å². The summed E-state index contributed by atoms with van der Waals surface area (Å²) in [6, 6.07) is 0. The largest absolute Gasteiger partial charge is 0.478 e. The van der Waals surface area contributed by atoms with Crippen molar-refractivity contribution >= 4 is 17.6 Å². The van der Waals surface area contributed by atoms with Crippen molar-refractivity contribution in [3.63, 3.8) is 0 Å². The van der Waals surface area contributed by atoms with Gasteiger partial charge in [-0.1, -0.05) is 5.16 Å². The second-order valence-corrected chi connectivity index (χ2v) is 4.12. The van der Waals surface area contributed by atoms with Crippen LogP contribution in [0.15, 0.2) is 5.16 Å². The number of hydrogen-bond donors (Lipinski definition) is 1. The number of carboxylic acid groups (broad SMARTS) is 1. The van der Waals surface area contributed by atoms with Crippen LogP contribution in [0.5, 0.6) is 0 Å². The highest BCUT2D eigenvalue weighted by Gasteiger charge is 2.48. The van der Waals surface area contributed by atoms with Gasteiger partial charge in [0.05, 0.1) is 5.71 Å². The van der Waals surface area contributed by atoms with Crippen LogP contribution in [0, 0.1) is 5.92 Å². The quantitative estimate of drug-likeness (QED) is 0.776. The normalized spacial score (nSPS) is 24.3. The first-order valence-corrected chi connectivity index (χ1v) is 5.10. The lowest BCUT2D eigenvalue weighted by atomic mass is 9.91. The average Bonchev–Trinajstić information content (AvgIpc) is 2.62. The minimum atomic E-state index is -4.87. The van der Waals surface area contributed by atoms with Crippen LogP contribution >= 0.6 is 0 Å². The fourth-order valence-electron chi connectivity index (χ4n) is 1.80. The van der Waals surface area contributed by atoms with Crippen molar-refractivity contribution in [3.8, 4) is 0 Å². The maximum Gasteiger partial charge on any atom is 0.471 e. The van der Waals surface area contributed by atoms with E-state index in [0.29, 0.717) is 10.6 Å². The van der Waals surface area contributed by atoms with Gasteiger partial charge in [0.2, 0.25) is 6.10 Å². The summed E-state index contributed by atoms with van der Waals surface area (Å²) >= 11 is 0. The molecule has 1 unspecified atom stereocenters. The van der Waals surface area contributed by atoms with Crippen molar-refractivity contribution in [2.75, 3.05) is 13.1 Å². The summed E-state index contributed by atoms with van der Waals surface area (Å²) in [5, 5.41) is 12.2. The predicted octanol–water partition coefficient (Wildman–Crippen LogP) is 0.237. The van der Waals surface area contributed by atoms with Crippen LogP contribution in [0.2, 0.25) is 0 Å². The number of carbonyl (C=O) groups excluding carboxylic acids is 1. The number of aliphatic carboxylic acids is 1. The van der Waals surface area contributed by atoms with Gasteiger partial charge in [0.1, 0.15) is 0 Å². The number of rotatable bonds is 2. The maximum atomic E-state index is 12.1. The summed E-state index contributed by atoms with van der Waals surface area (Å²) in [6.45, 7) is -0.209. The monoisotopic (exact) mass is 266 g/mol. The van der Waals surface area contributed by atoms with Crippen molar-refractivity contribution in [3.05, 3.63) is 0 Å². The van der Waals surface area contributed by atoms with E-state index < -0.39 is 24.2 Å². The molecular weight excluding hydrogens is 257 g/mol. The number of carboxylic acids is 1. The molecule has 0 aliphatic carbocycles. The van der Waals surface area contributed by atoms with E-state index in [1.165, 1.54) is 0 Å². The standard InChI is InChI=1S/C9H9F3N2O4/c10-9(11,12)8(17)14-2-4(3-14)5-1-6(7(15)16)18-13-5/h4,6H,1-3H2,(H,15,16). The van der Waals surface area contributed by atoms with Crippen molar-refractivity contribution in [2.24, 2.45) is 11.1 Å². The maximum absolute atomic E-state index is 12.1. The third-order valence-electron chi connectivity index (χ3n) is 2.85. The minimum Gasteiger partial charge on any atom is -0.478 e. The number of nitrogens with zero attached hydrogens (tertiary/aromatic N) is 2. The molecule has 2 rings (SSSR count). The van der Waals surface area contributed by atoms with E-state index in [0.717, 1.165) is 0 Å². The first-order valence-electron chi connectivity index (χ1n) is 5.10. The van der Waals surface area contributed by atoms with E-state index in [2.05, 4.69) is 9.99 Å². The smallest absolute Gasteiger partial charge is 0.471 e. The zero-order valence-electron chi connectivity index (χ0n) is 8.98. The highest BCUT2D eigenvalue weighted by molar-refractivity contribution is 5.94. The average molecular weight is 266 g/mol. The molecule has 1 atom stereocenters. The number of hydrogen-bond acceptors (Lipinski definition) is 4. The van der Waals surface area contributed by atoms with Crippen LogP contribution in [0.3, 0.4) is 0 Å². The first kappa shape index (κ1) is 12.7. The third-order valence-corrected chi connectivity index (χ3v) is 2.85. The highest BCUT2D eigenvalue weighted by atomic mass is 19.4. The van der Waals surface area contributed by atoms with Gasteiger partial charge in [0, 0.05) is 25.4 Å².